The zero-order chi connectivity index (χ0) is 13.5. The largest absolute Gasteiger partial charge is 0.295 e. The minimum Gasteiger partial charge on any atom is -0.295 e. The molecule has 0 amide bonds. The first-order chi connectivity index (χ1) is 8.81. The van der Waals surface area contributed by atoms with Crippen molar-refractivity contribution in [3.05, 3.63) is 12.2 Å². The van der Waals surface area contributed by atoms with Crippen LogP contribution in [0.4, 0.5) is 0 Å². The fourth-order valence-electron chi connectivity index (χ4n) is 2.07. The molecule has 0 aromatic carbocycles. The van der Waals surface area contributed by atoms with Crippen LogP contribution in [0.15, 0.2) is 12.2 Å². The summed E-state index contributed by atoms with van der Waals surface area (Å²) in [6.45, 7) is 4.45. The fourth-order valence-corrected chi connectivity index (χ4v) is 2.07. The van der Waals surface area contributed by atoms with Gasteiger partial charge in [0.15, 0.2) is 5.78 Å². The van der Waals surface area contributed by atoms with Gasteiger partial charge in [0.1, 0.15) is 0 Å². The predicted octanol–water partition coefficient (Wildman–Crippen LogP) is 5.83. The third-order valence-electron chi connectivity index (χ3n) is 3.30. The number of ketones is 1. The van der Waals surface area contributed by atoms with Gasteiger partial charge in [-0.05, 0) is 25.3 Å². The second kappa shape index (κ2) is 14.5. The molecule has 18 heavy (non-hydrogen) atoms. The molecule has 0 aliphatic carbocycles. The van der Waals surface area contributed by atoms with Gasteiger partial charge in [-0.1, -0.05) is 71.3 Å². The highest BCUT2D eigenvalue weighted by Gasteiger charge is 1.96. The van der Waals surface area contributed by atoms with E-state index in [2.05, 4.69) is 19.9 Å². The van der Waals surface area contributed by atoms with E-state index >= 15 is 0 Å². The van der Waals surface area contributed by atoms with Gasteiger partial charge in [-0.15, -0.1) is 0 Å². The third-order valence-corrected chi connectivity index (χ3v) is 3.30. The molecular weight excluding hydrogens is 220 g/mol. The molecule has 0 saturated carbocycles. The summed E-state index contributed by atoms with van der Waals surface area (Å²) in [5, 5.41) is 0. The first kappa shape index (κ1) is 17.4. The second-order valence-electron chi connectivity index (χ2n) is 5.24. The van der Waals surface area contributed by atoms with Gasteiger partial charge in [0.05, 0.1) is 0 Å². The van der Waals surface area contributed by atoms with Gasteiger partial charge in [-0.2, -0.15) is 0 Å². The summed E-state index contributed by atoms with van der Waals surface area (Å²) in [5.41, 5.74) is 0. The number of unbranched alkanes of at least 4 members (excludes halogenated alkanes) is 9. The summed E-state index contributed by atoms with van der Waals surface area (Å²) in [7, 11) is 0. The third kappa shape index (κ3) is 13.5. The van der Waals surface area contributed by atoms with Gasteiger partial charge in [0.2, 0.25) is 0 Å². The standard InChI is InChI=1S/C17H32O/c1-3-5-7-9-11-13-15-17(18)16-14-12-10-8-6-4-2/h13,15H,3-12,14,16H2,1-2H3/b15-13+. The summed E-state index contributed by atoms with van der Waals surface area (Å²) in [6.07, 6.45) is 18.4. The molecule has 0 radical (unpaired) electrons. The van der Waals surface area contributed by atoms with Gasteiger partial charge >= 0.3 is 0 Å². The van der Waals surface area contributed by atoms with Crippen LogP contribution in [0, 0.1) is 0 Å². The predicted molar refractivity (Wildman–Crippen MR) is 80.9 cm³/mol. The van der Waals surface area contributed by atoms with Crippen LogP contribution in [0.3, 0.4) is 0 Å². The van der Waals surface area contributed by atoms with Crippen molar-refractivity contribution in [3.8, 4) is 0 Å². The van der Waals surface area contributed by atoms with Crippen molar-refractivity contribution in [1.82, 2.24) is 0 Å². The molecule has 0 aromatic heterocycles. The van der Waals surface area contributed by atoms with Crippen molar-refractivity contribution < 1.29 is 4.79 Å². The molecule has 0 saturated heterocycles. The molecule has 0 N–H and O–H groups in total. The minimum absolute atomic E-state index is 0.320. The molecule has 106 valence electrons. The maximum Gasteiger partial charge on any atom is 0.155 e. The average molecular weight is 252 g/mol. The van der Waals surface area contributed by atoms with Crippen LogP contribution in [0.5, 0.6) is 0 Å². The molecule has 1 nitrogen and oxygen atoms in total. The van der Waals surface area contributed by atoms with E-state index < -0.39 is 0 Å². The Balaban J connectivity index is 3.28. The molecule has 0 atom stereocenters. The number of rotatable bonds is 13. The average Bonchev–Trinajstić information content (AvgIpc) is 2.38. The van der Waals surface area contributed by atoms with Crippen molar-refractivity contribution in [2.45, 2.75) is 90.9 Å². The van der Waals surface area contributed by atoms with E-state index in [9.17, 15) is 4.79 Å². The van der Waals surface area contributed by atoms with Gasteiger partial charge in [-0.3, -0.25) is 4.79 Å². The first-order valence-corrected chi connectivity index (χ1v) is 8.00. The lowest BCUT2D eigenvalue weighted by molar-refractivity contribution is -0.114. The summed E-state index contributed by atoms with van der Waals surface area (Å²) in [5.74, 6) is 0.320. The number of carbonyl (C=O) groups excluding carboxylic acids is 1. The van der Waals surface area contributed by atoms with Crippen molar-refractivity contribution >= 4 is 5.78 Å². The Kier molecular flexibility index (Phi) is 14.0. The van der Waals surface area contributed by atoms with Crippen LogP contribution < -0.4 is 0 Å². The molecule has 0 fully saturated rings. The lowest BCUT2D eigenvalue weighted by Crippen LogP contribution is -1.92. The lowest BCUT2D eigenvalue weighted by atomic mass is 10.1. The number of hydrogen-bond donors (Lipinski definition) is 0. The van der Waals surface area contributed by atoms with E-state index in [1.165, 1.54) is 57.8 Å². The molecule has 0 spiro atoms. The van der Waals surface area contributed by atoms with E-state index in [-0.39, 0.29) is 0 Å². The number of carbonyl (C=O) groups is 1. The number of allylic oxidation sites excluding steroid dienone is 2. The van der Waals surface area contributed by atoms with E-state index in [4.69, 9.17) is 0 Å². The molecule has 0 heterocycles. The van der Waals surface area contributed by atoms with E-state index in [1.54, 1.807) is 6.08 Å². The Morgan fingerprint density at radius 2 is 1.33 bits per heavy atom. The number of hydrogen-bond acceptors (Lipinski definition) is 1. The maximum atomic E-state index is 11.5. The smallest absolute Gasteiger partial charge is 0.155 e. The highest BCUT2D eigenvalue weighted by Crippen LogP contribution is 2.08. The molecule has 1 heteroatoms. The normalized spacial score (nSPS) is 11.2. The summed E-state index contributed by atoms with van der Waals surface area (Å²) in [4.78, 5) is 11.5. The van der Waals surface area contributed by atoms with Crippen molar-refractivity contribution in [1.29, 1.82) is 0 Å². The summed E-state index contributed by atoms with van der Waals surface area (Å²) < 4.78 is 0. The van der Waals surface area contributed by atoms with E-state index in [0.29, 0.717) is 5.78 Å². The first-order valence-electron chi connectivity index (χ1n) is 8.00. The van der Waals surface area contributed by atoms with Crippen LogP contribution in [0.1, 0.15) is 90.9 Å². The SMILES string of the molecule is CCCCCC/C=C/C(=O)CCCCCCCC. The highest BCUT2D eigenvalue weighted by atomic mass is 16.1. The molecular formula is C17H32O. The van der Waals surface area contributed by atoms with Crippen LogP contribution in [0.25, 0.3) is 0 Å². The zero-order valence-electron chi connectivity index (χ0n) is 12.5. The Hall–Kier alpha value is -0.590. The summed E-state index contributed by atoms with van der Waals surface area (Å²) >= 11 is 0. The second-order valence-corrected chi connectivity index (χ2v) is 5.24. The van der Waals surface area contributed by atoms with Crippen LogP contribution >= 0.6 is 0 Å². The topological polar surface area (TPSA) is 17.1 Å². The monoisotopic (exact) mass is 252 g/mol. The van der Waals surface area contributed by atoms with Gasteiger partial charge in [0, 0.05) is 6.42 Å². The quantitative estimate of drug-likeness (QED) is 0.297. The fraction of sp³-hybridized carbons (Fsp3) is 0.824. The van der Waals surface area contributed by atoms with Crippen molar-refractivity contribution in [3.63, 3.8) is 0 Å². The van der Waals surface area contributed by atoms with Crippen LogP contribution in [0.2, 0.25) is 0 Å². The Morgan fingerprint density at radius 3 is 2.00 bits per heavy atom. The van der Waals surface area contributed by atoms with Crippen LogP contribution in [-0.2, 0) is 4.79 Å². The zero-order valence-corrected chi connectivity index (χ0v) is 12.5. The molecule has 0 unspecified atom stereocenters. The lowest BCUT2D eigenvalue weighted by Gasteiger charge is -1.98. The van der Waals surface area contributed by atoms with Crippen LogP contribution in [-0.4, -0.2) is 5.78 Å². The van der Waals surface area contributed by atoms with Gasteiger partial charge in [0.25, 0.3) is 0 Å². The van der Waals surface area contributed by atoms with E-state index in [0.717, 1.165) is 19.3 Å². The van der Waals surface area contributed by atoms with Crippen molar-refractivity contribution in [2.75, 3.05) is 0 Å². The molecule has 0 aliphatic heterocycles. The maximum absolute atomic E-state index is 11.5. The van der Waals surface area contributed by atoms with Crippen molar-refractivity contribution in [2.24, 2.45) is 0 Å². The Bertz CT molecular complexity index is 206. The summed E-state index contributed by atoms with van der Waals surface area (Å²) in [6, 6.07) is 0. The molecule has 0 bridgehead atoms. The van der Waals surface area contributed by atoms with Gasteiger partial charge in [-0.25, -0.2) is 0 Å². The van der Waals surface area contributed by atoms with Gasteiger partial charge < -0.3 is 0 Å². The minimum atomic E-state index is 0.320. The Labute approximate surface area is 114 Å². The molecule has 0 aliphatic rings. The van der Waals surface area contributed by atoms with E-state index in [1.807, 2.05) is 0 Å². The Morgan fingerprint density at radius 1 is 0.778 bits per heavy atom. The molecule has 0 aromatic rings. The highest BCUT2D eigenvalue weighted by molar-refractivity contribution is 5.89. The molecule has 0 rings (SSSR count).